The van der Waals surface area contributed by atoms with Gasteiger partial charge in [-0.25, -0.2) is 4.98 Å². The normalized spacial score (nSPS) is 11.4. The van der Waals surface area contributed by atoms with Gasteiger partial charge in [0, 0.05) is 0 Å². The second kappa shape index (κ2) is 5.78. The first-order chi connectivity index (χ1) is 10.7. The van der Waals surface area contributed by atoms with Gasteiger partial charge < -0.3 is 0 Å². The maximum Gasteiger partial charge on any atom is 0.222 e. The van der Waals surface area contributed by atoms with Gasteiger partial charge in [-0.05, 0) is 45.8 Å². The van der Waals surface area contributed by atoms with Gasteiger partial charge in [0.1, 0.15) is 10.5 Å². The fourth-order valence-corrected chi connectivity index (χ4v) is 5.21. The summed E-state index contributed by atoms with van der Waals surface area (Å²) in [5, 5.41) is 16.3. The van der Waals surface area contributed by atoms with Crippen molar-refractivity contribution < 1.29 is 0 Å². The lowest BCUT2D eigenvalue weighted by atomic mass is 10.3. The molecule has 0 saturated carbocycles. The largest absolute Gasteiger partial charge is 0.228 e. The molecule has 1 aromatic carbocycles. The van der Waals surface area contributed by atoms with Gasteiger partial charge in [0.15, 0.2) is 4.34 Å². The van der Waals surface area contributed by atoms with Gasteiger partial charge in [-0.2, -0.15) is 4.68 Å². The molecule has 0 saturated heterocycles. The molecule has 4 rings (SSSR count). The van der Waals surface area contributed by atoms with E-state index in [-0.39, 0.29) is 0 Å². The van der Waals surface area contributed by atoms with Crippen LogP contribution >= 0.6 is 57.6 Å². The van der Waals surface area contributed by atoms with Crippen LogP contribution in [0.5, 0.6) is 0 Å². The predicted octanol–water partition coefficient (Wildman–Crippen LogP) is 4.79. The van der Waals surface area contributed by atoms with Crippen molar-refractivity contribution in [3.05, 3.63) is 39.7 Å². The molecule has 5 nitrogen and oxygen atoms in total. The number of halogens is 2. The Morgan fingerprint density at radius 3 is 2.82 bits per heavy atom. The Balaban J connectivity index is 1.73. The average Bonchev–Trinajstić information content (AvgIpc) is 3.19. The van der Waals surface area contributed by atoms with Crippen molar-refractivity contribution in [1.29, 1.82) is 0 Å². The van der Waals surface area contributed by atoms with E-state index in [1.807, 2.05) is 29.6 Å². The number of benzene rings is 1. The van der Waals surface area contributed by atoms with E-state index in [1.165, 1.54) is 23.1 Å². The van der Waals surface area contributed by atoms with Crippen molar-refractivity contribution in [1.82, 2.24) is 25.2 Å². The molecule has 0 radical (unpaired) electrons. The number of nitrogens with zero attached hydrogens (tertiary/aromatic N) is 5. The van der Waals surface area contributed by atoms with Crippen LogP contribution in [0.1, 0.15) is 0 Å². The lowest BCUT2D eigenvalue weighted by Crippen LogP contribution is -1.96. The van der Waals surface area contributed by atoms with Gasteiger partial charge in [0.05, 0.1) is 14.7 Å². The molecule has 0 unspecified atom stereocenters. The van der Waals surface area contributed by atoms with Crippen LogP contribution in [0.3, 0.4) is 0 Å². The summed E-state index contributed by atoms with van der Waals surface area (Å²) >= 11 is 16.7. The Hall–Kier alpha value is -1.19. The number of thiazole rings is 1. The standard InChI is InChI=1S/C12H5Cl2N5S3/c13-6-2-1-3-8-9(6)15-12(21-8)22-11-16-17-18-19(11)10-7(14)4-5-20-10/h1-5H. The van der Waals surface area contributed by atoms with Crippen LogP contribution in [-0.4, -0.2) is 25.2 Å². The highest BCUT2D eigenvalue weighted by molar-refractivity contribution is 8.01. The van der Waals surface area contributed by atoms with Crippen molar-refractivity contribution in [2.24, 2.45) is 0 Å². The van der Waals surface area contributed by atoms with E-state index < -0.39 is 0 Å². The van der Waals surface area contributed by atoms with Crippen molar-refractivity contribution >= 4 is 67.9 Å². The minimum absolute atomic E-state index is 0.611. The van der Waals surface area contributed by atoms with Gasteiger partial charge in [0.2, 0.25) is 5.16 Å². The Kier molecular flexibility index (Phi) is 3.79. The third-order valence-corrected chi connectivity index (χ3v) is 6.39. The van der Waals surface area contributed by atoms with E-state index in [1.54, 1.807) is 16.0 Å². The number of aromatic nitrogens is 5. The molecule has 3 heterocycles. The molecule has 0 aliphatic heterocycles. The number of fused-ring (bicyclic) bond motifs is 1. The van der Waals surface area contributed by atoms with Gasteiger partial charge in [-0.1, -0.05) is 29.3 Å². The first-order valence-corrected chi connectivity index (χ1v) is 9.24. The molecular formula is C12H5Cl2N5S3. The van der Waals surface area contributed by atoms with Crippen LogP contribution in [0.4, 0.5) is 0 Å². The molecule has 3 aromatic heterocycles. The summed E-state index contributed by atoms with van der Waals surface area (Å²) in [4.78, 5) is 4.54. The molecular weight excluding hydrogens is 381 g/mol. The van der Waals surface area contributed by atoms with Crippen LogP contribution in [0.2, 0.25) is 10.0 Å². The fraction of sp³-hybridized carbons (Fsp3) is 0. The summed E-state index contributed by atoms with van der Waals surface area (Å²) in [5.41, 5.74) is 0.796. The predicted molar refractivity (Wildman–Crippen MR) is 90.8 cm³/mol. The topological polar surface area (TPSA) is 56.5 Å². The van der Waals surface area contributed by atoms with Gasteiger partial charge in [-0.3, -0.25) is 0 Å². The van der Waals surface area contributed by atoms with E-state index in [0.717, 1.165) is 19.6 Å². The zero-order chi connectivity index (χ0) is 15.1. The summed E-state index contributed by atoms with van der Waals surface area (Å²) < 4.78 is 3.47. The Morgan fingerprint density at radius 1 is 1.14 bits per heavy atom. The van der Waals surface area contributed by atoms with Crippen LogP contribution in [0.25, 0.3) is 15.2 Å². The number of tetrazole rings is 1. The molecule has 110 valence electrons. The average molecular weight is 386 g/mol. The van der Waals surface area contributed by atoms with Gasteiger partial charge in [0.25, 0.3) is 0 Å². The molecule has 0 amide bonds. The number of para-hydroxylation sites is 1. The molecule has 0 spiro atoms. The highest BCUT2D eigenvalue weighted by Gasteiger charge is 2.16. The van der Waals surface area contributed by atoms with Gasteiger partial charge in [-0.15, -0.1) is 27.8 Å². The molecule has 22 heavy (non-hydrogen) atoms. The molecule has 0 fully saturated rings. The van der Waals surface area contributed by atoms with Crippen LogP contribution < -0.4 is 0 Å². The Morgan fingerprint density at radius 2 is 2.05 bits per heavy atom. The number of thiophene rings is 1. The molecule has 0 atom stereocenters. The van der Waals surface area contributed by atoms with Crippen molar-refractivity contribution in [3.8, 4) is 5.00 Å². The third kappa shape index (κ3) is 2.50. The SMILES string of the molecule is Clc1ccsc1-n1nnnc1Sc1nc2c(Cl)cccc2s1. The Labute approximate surface area is 146 Å². The molecule has 0 N–H and O–H groups in total. The van der Waals surface area contributed by atoms with Crippen LogP contribution in [-0.2, 0) is 0 Å². The first-order valence-electron chi connectivity index (χ1n) is 5.97. The van der Waals surface area contributed by atoms with Crippen molar-refractivity contribution in [2.45, 2.75) is 9.50 Å². The van der Waals surface area contributed by atoms with Crippen LogP contribution in [0.15, 0.2) is 39.1 Å². The minimum atomic E-state index is 0.611. The highest BCUT2D eigenvalue weighted by Crippen LogP contribution is 2.37. The van der Waals surface area contributed by atoms with E-state index in [4.69, 9.17) is 23.2 Å². The summed E-state index contributed by atoms with van der Waals surface area (Å²) in [6.45, 7) is 0. The molecule has 4 aromatic rings. The number of hydrogen-bond acceptors (Lipinski definition) is 7. The summed E-state index contributed by atoms with van der Waals surface area (Å²) in [5.74, 6) is 0. The Bertz CT molecular complexity index is 961. The monoisotopic (exact) mass is 385 g/mol. The molecule has 0 aliphatic carbocycles. The summed E-state index contributed by atoms with van der Waals surface area (Å²) in [7, 11) is 0. The summed E-state index contributed by atoms with van der Waals surface area (Å²) in [6, 6.07) is 7.54. The zero-order valence-electron chi connectivity index (χ0n) is 10.6. The lowest BCUT2D eigenvalue weighted by Gasteiger charge is -1.99. The molecule has 10 heteroatoms. The first kappa shape index (κ1) is 14.4. The maximum atomic E-state index is 6.16. The van der Waals surface area contributed by atoms with E-state index >= 15 is 0 Å². The third-order valence-electron chi connectivity index (χ3n) is 2.76. The van der Waals surface area contributed by atoms with Crippen molar-refractivity contribution in [3.63, 3.8) is 0 Å². The van der Waals surface area contributed by atoms with E-state index in [2.05, 4.69) is 20.5 Å². The van der Waals surface area contributed by atoms with E-state index in [0.29, 0.717) is 15.2 Å². The van der Waals surface area contributed by atoms with E-state index in [9.17, 15) is 0 Å². The highest BCUT2D eigenvalue weighted by atomic mass is 35.5. The second-order valence-electron chi connectivity index (χ2n) is 4.12. The quantitative estimate of drug-likeness (QED) is 0.507. The molecule has 0 aliphatic rings. The number of rotatable bonds is 3. The van der Waals surface area contributed by atoms with Crippen molar-refractivity contribution in [2.75, 3.05) is 0 Å². The number of hydrogen-bond donors (Lipinski definition) is 0. The smallest absolute Gasteiger partial charge is 0.222 e. The minimum Gasteiger partial charge on any atom is -0.228 e. The van der Waals surface area contributed by atoms with Gasteiger partial charge >= 0.3 is 0 Å². The zero-order valence-corrected chi connectivity index (χ0v) is 14.6. The second-order valence-corrected chi connectivity index (χ2v) is 8.07. The van der Waals surface area contributed by atoms with Crippen LogP contribution in [0, 0.1) is 0 Å². The summed E-state index contributed by atoms with van der Waals surface area (Å²) in [6.07, 6.45) is 0. The fourth-order valence-electron chi connectivity index (χ4n) is 1.82. The maximum absolute atomic E-state index is 6.16. The lowest BCUT2D eigenvalue weighted by molar-refractivity contribution is 0.768. The molecule has 0 bridgehead atoms.